The SMILES string of the molecule is CCS(=O)(=O)N1CCN(Cc2cccc(C(=O)Nc3cc(C)cc(C)c3)c2)CC1. The summed E-state index contributed by atoms with van der Waals surface area (Å²) in [6.07, 6.45) is 0. The van der Waals surface area contributed by atoms with E-state index in [1.165, 1.54) is 0 Å². The monoisotopic (exact) mass is 415 g/mol. The molecule has 1 heterocycles. The molecule has 3 rings (SSSR count). The van der Waals surface area contributed by atoms with Gasteiger partial charge in [0.15, 0.2) is 0 Å². The summed E-state index contributed by atoms with van der Waals surface area (Å²) in [4.78, 5) is 14.9. The van der Waals surface area contributed by atoms with E-state index in [9.17, 15) is 13.2 Å². The molecule has 29 heavy (non-hydrogen) atoms. The van der Waals surface area contributed by atoms with Gasteiger partial charge in [0.1, 0.15) is 0 Å². The van der Waals surface area contributed by atoms with Crippen molar-refractivity contribution in [2.45, 2.75) is 27.3 Å². The maximum Gasteiger partial charge on any atom is 0.255 e. The highest BCUT2D eigenvalue weighted by atomic mass is 32.2. The summed E-state index contributed by atoms with van der Waals surface area (Å²) >= 11 is 0. The van der Waals surface area contributed by atoms with E-state index in [0.717, 1.165) is 22.4 Å². The van der Waals surface area contributed by atoms with Gasteiger partial charge >= 0.3 is 0 Å². The third-order valence-corrected chi connectivity index (χ3v) is 7.05. The highest BCUT2D eigenvalue weighted by Gasteiger charge is 2.25. The van der Waals surface area contributed by atoms with Gasteiger partial charge in [0, 0.05) is 44.0 Å². The number of nitrogens with zero attached hydrogens (tertiary/aromatic N) is 2. The Bertz CT molecular complexity index is 960. The smallest absolute Gasteiger partial charge is 0.255 e. The normalized spacial score (nSPS) is 16.0. The lowest BCUT2D eigenvalue weighted by Gasteiger charge is -2.33. The maximum atomic E-state index is 12.7. The molecule has 2 aromatic rings. The van der Waals surface area contributed by atoms with Crippen molar-refractivity contribution < 1.29 is 13.2 Å². The number of carbonyl (C=O) groups is 1. The Morgan fingerprint density at radius 1 is 1.00 bits per heavy atom. The minimum atomic E-state index is -3.12. The van der Waals surface area contributed by atoms with E-state index < -0.39 is 10.0 Å². The molecule has 0 bridgehead atoms. The predicted molar refractivity (Wildman–Crippen MR) is 117 cm³/mol. The van der Waals surface area contributed by atoms with Crippen molar-refractivity contribution in [2.24, 2.45) is 0 Å². The Morgan fingerprint density at radius 3 is 2.28 bits per heavy atom. The van der Waals surface area contributed by atoms with Crippen LogP contribution in [0.5, 0.6) is 0 Å². The molecule has 6 nitrogen and oxygen atoms in total. The highest BCUT2D eigenvalue weighted by molar-refractivity contribution is 7.89. The molecule has 0 atom stereocenters. The first-order chi connectivity index (χ1) is 13.8. The number of aryl methyl sites for hydroxylation is 2. The Kier molecular flexibility index (Phi) is 6.72. The van der Waals surface area contributed by atoms with Crippen LogP contribution in [0.1, 0.15) is 34.0 Å². The summed E-state index contributed by atoms with van der Waals surface area (Å²) < 4.78 is 25.6. The summed E-state index contributed by atoms with van der Waals surface area (Å²) in [5.74, 6) is 0.0145. The van der Waals surface area contributed by atoms with Crippen molar-refractivity contribution >= 4 is 21.6 Å². The van der Waals surface area contributed by atoms with Crippen LogP contribution in [-0.4, -0.2) is 55.5 Å². The van der Waals surface area contributed by atoms with Crippen molar-refractivity contribution in [1.82, 2.24) is 9.21 Å². The molecular weight excluding hydrogens is 386 g/mol. The van der Waals surface area contributed by atoms with Gasteiger partial charge in [-0.2, -0.15) is 4.31 Å². The first-order valence-corrected chi connectivity index (χ1v) is 11.6. The third-order valence-electron chi connectivity index (χ3n) is 5.16. The van der Waals surface area contributed by atoms with Gasteiger partial charge in [0.25, 0.3) is 5.91 Å². The van der Waals surface area contributed by atoms with Crippen LogP contribution in [0.4, 0.5) is 5.69 Å². The molecule has 0 radical (unpaired) electrons. The molecule has 7 heteroatoms. The number of hydrogen-bond donors (Lipinski definition) is 1. The predicted octanol–water partition coefficient (Wildman–Crippen LogP) is 3.02. The molecule has 0 unspecified atom stereocenters. The standard InChI is InChI=1S/C22H29N3O3S/c1-4-29(27,28)25-10-8-24(9-11-25)16-19-6-5-7-20(15-19)22(26)23-21-13-17(2)12-18(3)14-21/h5-7,12-15H,4,8-11,16H2,1-3H3,(H,23,26). The molecular formula is C22H29N3O3S. The number of nitrogens with one attached hydrogen (secondary N) is 1. The lowest BCUT2D eigenvalue weighted by atomic mass is 10.1. The summed E-state index contributed by atoms with van der Waals surface area (Å²) in [7, 11) is -3.12. The fourth-order valence-electron chi connectivity index (χ4n) is 3.67. The Morgan fingerprint density at radius 2 is 1.66 bits per heavy atom. The first kappa shape index (κ1) is 21.5. The molecule has 1 aliphatic heterocycles. The lowest BCUT2D eigenvalue weighted by Crippen LogP contribution is -2.48. The van der Waals surface area contributed by atoms with Crippen molar-refractivity contribution in [3.8, 4) is 0 Å². The molecule has 0 aliphatic carbocycles. The average Bonchev–Trinajstić information content (AvgIpc) is 2.68. The third kappa shape index (κ3) is 5.65. The number of anilines is 1. The second-order valence-electron chi connectivity index (χ2n) is 7.61. The molecule has 1 aliphatic rings. The lowest BCUT2D eigenvalue weighted by molar-refractivity contribution is 0.102. The van der Waals surface area contributed by atoms with Crippen LogP contribution in [0.2, 0.25) is 0 Å². The number of carbonyl (C=O) groups excluding carboxylic acids is 1. The molecule has 2 aromatic carbocycles. The Hall–Kier alpha value is -2.22. The Balaban J connectivity index is 1.62. The number of amides is 1. The van der Waals surface area contributed by atoms with Crippen LogP contribution < -0.4 is 5.32 Å². The van der Waals surface area contributed by atoms with Crippen molar-refractivity contribution in [3.05, 3.63) is 64.7 Å². The van der Waals surface area contributed by atoms with Gasteiger partial charge in [-0.05, 0) is 61.7 Å². The molecule has 1 saturated heterocycles. The average molecular weight is 416 g/mol. The number of hydrogen-bond acceptors (Lipinski definition) is 4. The fraction of sp³-hybridized carbons (Fsp3) is 0.409. The quantitative estimate of drug-likeness (QED) is 0.787. The van der Waals surface area contributed by atoms with Crippen LogP contribution in [0, 0.1) is 13.8 Å². The van der Waals surface area contributed by atoms with E-state index in [1.807, 2.05) is 50.2 Å². The van der Waals surface area contributed by atoms with Crippen LogP contribution >= 0.6 is 0 Å². The summed E-state index contributed by atoms with van der Waals surface area (Å²) in [5, 5.41) is 2.97. The summed E-state index contributed by atoms with van der Waals surface area (Å²) in [6.45, 7) is 8.81. The van der Waals surface area contributed by atoms with E-state index in [0.29, 0.717) is 38.3 Å². The molecule has 0 aromatic heterocycles. The highest BCUT2D eigenvalue weighted by Crippen LogP contribution is 2.17. The van der Waals surface area contributed by atoms with Gasteiger partial charge < -0.3 is 5.32 Å². The van der Waals surface area contributed by atoms with Crippen LogP contribution in [0.25, 0.3) is 0 Å². The summed E-state index contributed by atoms with van der Waals surface area (Å²) in [5.41, 5.74) is 4.68. The second-order valence-corrected chi connectivity index (χ2v) is 9.86. The number of rotatable bonds is 6. The maximum absolute atomic E-state index is 12.7. The fourth-order valence-corrected chi connectivity index (χ4v) is 4.75. The van der Waals surface area contributed by atoms with Crippen molar-refractivity contribution in [1.29, 1.82) is 0 Å². The molecule has 0 saturated carbocycles. The van der Waals surface area contributed by atoms with Gasteiger partial charge in [-0.1, -0.05) is 18.2 Å². The van der Waals surface area contributed by atoms with Gasteiger partial charge in [-0.3, -0.25) is 9.69 Å². The van der Waals surface area contributed by atoms with Crippen LogP contribution in [0.3, 0.4) is 0 Å². The van der Waals surface area contributed by atoms with Gasteiger partial charge in [-0.15, -0.1) is 0 Å². The van der Waals surface area contributed by atoms with Crippen LogP contribution in [0.15, 0.2) is 42.5 Å². The zero-order valence-corrected chi connectivity index (χ0v) is 18.1. The molecule has 1 N–H and O–H groups in total. The molecule has 1 amide bonds. The largest absolute Gasteiger partial charge is 0.322 e. The minimum Gasteiger partial charge on any atom is -0.322 e. The second kappa shape index (κ2) is 9.07. The molecule has 1 fully saturated rings. The van der Waals surface area contributed by atoms with Crippen molar-refractivity contribution in [2.75, 3.05) is 37.2 Å². The van der Waals surface area contributed by atoms with Gasteiger partial charge in [0.05, 0.1) is 5.75 Å². The van der Waals surface area contributed by atoms with E-state index >= 15 is 0 Å². The minimum absolute atomic E-state index is 0.129. The van der Waals surface area contributed by atoms with E-state index in [-0.39, 0.29) is 11.7 Å². The Labute approximate surface area is 173 Å². The topological polar surface area (TPSA) is 69.7 Å². The summed E-state index contributed by atoms with van der Waals surface area (Å²) in [6, 6.07) is 13.6. The van der Waals surface area contributed by atoms with Gasteiger partial charge in [0.2, 0.25) is 10.0 Å². The zero-order chi connectivity index (χ0) is 21.0. The molecule has 156 valence electrons. The van der Waals surface area contributed by atoms with E-state index in [1.54, 1.807) is 11.2 Å². The van der Waals surface area contributed by atoms with Crippen LogP contribution in [-0.2, 0) is 16.6 Å². The number of piperazine rings is 1. The number of sulfonamides is 1. The van der Waals surface area contributed by atoms with E-state index in [4.69, 9.17) is 0 Å². The zero-order valence-electron chi connectivity index (χ0n) is 17.3. The van der Waals surface area contributed by atoms with Gasteiger partial charge in [-0.25, -0.2) is 8.42 Å². The first-order valence-electron chi connectivity index (χ1n) is 9.95. The molecule has 0 spiro atoms. The van der Waals surface area contributed by atoms with Crippen molar-refractivity contribution in [3.63, 3.8) is 0 Å². The van der Waals surface area contributed by atoms with E-state index in [2.05, 4.69) is 16.3 Å². The number of benzene rings is 2.